The van der Waals surface area contributed by atoms with Crippen LogP contribution in [-0.4, -0.2) is 18.2 Å². The molecule has 3 nitrogen and oxygen atoms in total. The van der Waals surface area contributed by atoms with Gasteiger partial charge < -0.3 is 10.5 Å². The summed E-state index contributed by atoms with van der Waals surface area (Å²) in [5, 5.41) is 7.68. The lowest BCUT2D eigenvalue weighted by atomic mass is 10.2. The Kier molecular flexibility index (Phi) is 3.94. The lowest BCUT2D eigenvalue weighted by Crippen LogP contribution is -2.15. The van der Waals surface area contributed by atoms with Crippen molar-refractivity contribution in [3.05, 3.63) is 23.8 Å². The van der Waals surface area contributed by atoms with Gasteiger partial charge in [-0.15, -0.1) is 11.8 Å². The average molecular weight is 250 g/mol. The Hall–Kier alpha value is -1.16. The van der Waals surface area contributed by atoms with Crippen molar-refractivity contribution in [3.63, 3.8) is 0 Å². The number of hydrogen-bond acceptors (Lipinski definition) is 3. The minimum atomic E-state index is 0.0901. The number of ether oxygens (including phenoxy) is 1. The summed E-state index contributed by atoms with van der Waals surface area (Å²) in [4.78, 5) is 1.04. The van der Waals surface area contributed by atoms with Crippen molar-refractivity contribution >= 4 is 17.6 Å². The molecule has 0 bridgehead atoms. The van der Waals surface area contributed by atoms with E-state index in [-0.39, 0.29) is 5.84 Å². The first kappa shape index (κ1) is 12.3. The first-order chi connectivity index (χ1) is 8.22. The maximum Gasteiger partial charge on any atom is 0.131 e. The minimum Gasteiger partial charge on any atom is -0.492 e. The molecule has 0 aromatic heterocycles. The fourth-order valence-corrected chi connectivity index (χ4v) is 2.51. The number of amidine groups is 1. The highest BCUT2D eigenvalue weighted by atomic mass is 32.2. The fraction of sp³-hybridized carbons (Fsp3) is 0.462. The molecule has 2 rings (SSSR count). The van der Waals surface area contributed by atoms with Gasteiger partial charge in [-0.1, -0.05) is 13.0 Å². The number of nitrogen functional groups attached to an aromatic ring is 1. The number of rotatable bonds is 6. The van der Waals surface area contributed by atoms with Crippen LogP contribution in [0.15, 0.2) is 23.1 Å². The summed E-state index contributed by atoms with van der Waals surface area (Å²) in [6.07, 6.45) is 2.53. The van der Waals surface area contributed by atoms with Gasteiger partial charge >= 0.3 is 0 Å². The zero-order chi connectivity index (χ0) is 12.3. The first-order valence-electron chi connectivity index (χ1n) is 5.95. The highest BCUT2D eigenvalue weighted by Crippen LogP contribution is 2.33. The molecule has 1 fully saturated rings. The molecule has 4 heteroatoms. The molecular formula is C13H18N2OS. The van der Waals surface area contributed by atoms with Crippen LogP contribution in [0.2, 0.25) is 0 Å². The normalized spacial score (nSPS) is 14.6. The van der Waals surface area contributed by atoms with Crippen LogP contribution in [0.5, 0.6) is 5.75 Å². The van der Waals surface area contributed by atoms with Crippen molar-refractivity contribution in [2.75, 3.05) is 12.4 Å². The maximum atomic E-state index is 7.68. The second-order valence-electron chi connectivity index (χ2n) is 4.23. The van der Waals surface area contributed by atoms with E-state index in [1.165, 1.54) is 12.8 Å². The molecule has 0 radical (unpaired) electrons. The summed E-state index contributed by atoms with van der Waals surface area (Å²) in [7, 11) is 0. The van der Waals surface area contributed by atoms with Gasteiger partial charge in [0.05, 0.1) is 12.2 Å². The van der Waals surface area contributed by atoms with E-state index in [1.807, 2.05) is 18.2 Å². The Morgan fingerprint density at radius 2 is 2.29 bits per heavy atom. The summed E-state index contributed by atoms with van der Waals surface area (Å²) < 4.78 is 5.78. The van der Waals surface area contributed by atoms with Crippen molar-refractivity contribution < 1.29 is 4.74 Å². The van der Waals surface area contributed by atoms with E-state index >= 15 is 0 Å². The molecule has 0 spiro atoms. The SMILES string of the molecule is CCSc1cccc(OCC2CC2)c1C(=N)N. The third kappa shape index (κ3) is 3.16. The topological polar surface area (TPSA) is 59.1 Å². The first-order valence-corrected chi connectivity index (χ1v) is 6.94. The van der Waals surface area contributed by atoms with Gasteiger partial charge in [-0.3, -0.25) is 5.41 Å². The molecular weight excluding hydrogens is 232 g/mol. The van der Waals surface area contributed by atoms with E-state index in [0.29, 0.717) is 5.92 Å². The van der Waals surface area contributed by atoms with Crippen LogP contribution < -0.4 is 10.5 Å². The van der Waals surface area contributed by atoms with Crippen molar-refractivity contribution in [2.45, 2.75) is 24.7 Å². The summed E-state index contributed by atoms with van der Waals surface area (Å²) in [5.41, 5.74) is 6.41. The highest BCUT2D eigenvalue weighted by molar-refractivity contribution is 7.99. The second-order valence-corrected chi connectivity index (χ2v) is 5.54. The molecule has 0 unspecified atom stereocenters. The third-order valence-corrected chi connectivity index (χ3v) is 3.67. The van der Waals surface area contributed by atoms with E-state index in [4.69, 9.17) is 15.9 Å². The Morgan fingerprint density at radius 1 is 1.53 bits per heavy atom. The van der Waals surface area contributed by atoms with E-state index in [9.17, 15) is 0 Å². The molecule has 1 aromatic rings. The quantitative estimate of drug-likeness (QED) is 0.463. The number of hydrogen-bond donors (Lipinski definition) is 2. The monoisotopic (exact) mass is 250 g/mol. The van der Waals surface area contributed by atoms with Gasteiger partial charge in [-0.2, -0.15) is 0 Å². The van der Waals surface area contributed by atoms with Crippen molar-refractivity contribution in [3.8, 4) is 5.75 Å². The molecule has 92 valence electrons. The van der Waals surface area contributed by atoms with Crippen LogP contribution in [0.25, 0.3) is 0 Å². The van der Waals surface area contributed by atoms with E-state index in [2.05, 4.69) is 6.92 Å². The standard InChI is InChI=1S/C13H18N2OS/c1-2-17-11-5-3-4-10(12(11)13(14)15)16-8-9-6-7-9/h3-5,9H,2,6-8H2,1H3,(H3,14,15). The maximum absolute atomic E-state index is 7.68. The molecule has 1 aromatic carbocycles. The van der Waals surface area contributed by atoms with Gasteiger partial charge in [0, 0.05) is 4.90 Å². The minimum absolute atomic E-state index is 0.0901. The summed E-state index contributed by atoms with van der Waals surface area (Å²) >= 11 is 1.69. The Morgan fingerprint density at radius 3 is 2.88 bits per heavy atom. The smallest absolute Gasteiger partial charge is 0.131 e. The van der Waals surface area contributed by atoms with Crippen LogP contribution in [0.1, 0.15) is 25.3 Å². The predicted molar refractivity (Wildman–Crippen MR) is 72.1 cm³/mol. The largest absolute Gasteiger partial charge is 0.492 e. The molecule has 0 amide bonds. The van der Waals surface area contributed by atoms with Gasteiger partial charge in [0.25, 0.3) is 0 Å². The van der Waals surface area contributed by atoms with E-state index in [1.54, 1.807) is 11.8 Å². The van der Waals surface area contributed by atoms with Crippen LogP contribution >= 0.6 is 11.8 Å². The van der Waals surface area contributed by atoms with Crippen molar-refractivity contribution in [1.82, 2.24) is 0 Å². The van der Waals surface area contributed by atoms with Gasteiger partial charge in [0.1, 0.15) is 11.6 Å². The molecule has 1 saturated carbocycles. The summed E-state index contributed by atoms with van der Waals surface area (Å²) in [5.74, 6) is 2.51. The number of nitrogens with two attached hydrogens (primary N) is 1. The number of nitrogens with one attached hydrogen (secondary N) is 1. The second kappa shape index (κ2) is 5.45. The zero-order valence-corrected chi connectivity index (χ0v) is 10.8. The Labute approximate surface area is 106 Å². The average Bonchev–Trinajstić information content (AvgIpc) is 3.10. The molecule has 3 N–H and O–H groups in total. The summed E-state index contributed by atoms with van der Waals surface area (Å²) in [6, 6.07) is 5.86. The summed E-state index contributed by atoms with van der Waals surface area (Å²) in [6.45, 7) is 2.84. The van der Waals surface area contributed by atoms with Gasteiger partial charge in [-0.25, -0.2) is 0 Å². The number of thioether (sulfide) groups is 1. The van der Waals surface area contributed by atoms with Crippen molar-refractivity contribution in [2.24, 2.45) is 11.7 Å². The lowest BCUT2D eigenvalue weighted by Gasteiger charge is -2.13. The molecule has 0 saturated heterocycles. The fourth-order valence-electron chi connectivity index (χ4n) is 1.66. The number of benzene rings is 1. The van der Waals surface area contributed by atoms with Crippen LogP contribution in [0.4, 0.5) is 0 Å². The zero-order valence-electron chi connectivity index (χ0n) is 10.0. The Bertz CT molecular complexity index is 416. The molecule has 17 heavy (non-hydrogen) atoms. The predicted octanol–water partition coefficient (Wildman–Crippen LogP) is 2.87. The van der Waals surface area contributed by atoms with Crippen LogP contribution in [-0.2, 0) is 0 Å². The van der Waals surface area contributed by atoms with Gasteiger partial charge in [-0.05, 0) is 36.6 Å². The van der Waals surface area contributed by atoms with E-state index in [0.717, 1.165) is 28.6 Å². The van der Waals surface area contributed by atoms with Gasteiger partial charge in [0.15, 0.2) is 0 Å². The third-order valence-electron chi connectivity index (χ3n) is 2.73. The molecule has 0 heterocycles. The lowest BCUT2D eigenvalue weighted by molar-refractivity contribution is 0.298. The van der Waals surface area contributed by atoms with Crippen LogP contribution in [0, 0.1) is 11.3 Å². The molecule has 0 atom stereocenters. The van der Waals surface area contributed by atoms with Gasteiger partial charge in [0.2, 0.25) is 0 Å². The van der Waals surface area contributed by atoms with E-state index < -0.39 is 0 Å². The molecule has 1 aliphatic carbocycles. The molecule has 1 aliphatic rings. The Balaban J connectivity index is 2.21. The van der Waals surface area contributed by atoms with Crippen molar-refractivity contribution in [1.29, 1.82) is 5.41 Å². The molecule has 0 aliphatic heterocycles. The van der Waals surface area contributed by atoms with Crippen LogP contribution in [0.3, 0.4) is 0 Å². The highest BCUT2D eigenvalue weighted by Gasteiger charge is 2.23.